The van der Waals surface area contributed by atoms with E-state index in [0.717, 1.165) is 5.56 Å². The molecule has 1 amide bonds. The number of nitro groups is 1. The molecule has 1 aromatic carbocycles. The molecule has 28 heavy (non-hydrogen) atoms. The summed E-state index contributed by atoms with van der Waals surface area (Å²) >= 11 is 0. The molecule has 0 saturated heterocycles. The van der Waals surface area contributed by atoms with Crippen LogP contribution in [0.25, 0.3) is 0 Å². The maximum Gasteiger partial charge on any atom is 0.353 e. The first-order valence-electron chi connectivity index (χ1n) is 8.56. The second kappa shape index (κ2) is 8.61. The van der Waals surface area contributed by atoms with E-state index in [4.69, 9.17) is 0 Å². The summed E-state index contributed by atoms with van der Waals surface area (Å²) in [6, 6.07) is 4.91. The number of hydroxylamine groups is 1. The van der Waals surface area contributed by atoms with E-state index in [1.165, 1.54) is 13.4 Å². The van der Waals surface area contributed by atoms with Crippen LogP contribution in [0.1, 0.15) is 36.7 Å². The predicted molar refractivity (Wildman–Crippen MR) is 106 cm³/mol. The molecule has 0 atom stereocenters. The Morgan fingerprint density at radius 2 is 1.93 bits per heavy atom. The third-order valence-corrected chi connectivity index (χ3v) is 3.74. The molecule has 3 N–H and O–H groups in total. The molecule has 0 aliphatic carbocycles. The van der Waals surface area contributed by atoms with Crippen LogP contribution < -0.4 is 16.1 Å². The average molecular weight is 388 g/mol. The highest BCUT2D eigenvalue weighted by Gasteiger charge is 2.24. The largest absolute Gasteiger partial charge is 0.364 e. The van der Waals surface area contributed by atoms with E-state index in [9.17, 15) is 14.9 Å². The Morgan fingerprint density at radius 3 is 2.54 bits per heavy atom. The number of anilines is 3. The van der Waals surface area contributed by atoms with E-state index in [1.807, 2.05) is 27.7 Å². The second-order valence-electron chi connectivity index (χ2n) is 7.38. The van der Waals surface area contributed by atoms with E-state index in [1.54, 1.807) is 18.2 Å². The van der Waals surface area contributed by atoms with Crippen LogP contribution in [0.2, 0.25) is 0 Å². The first-order valence-corrected chi connectivity index (χ1v) is 8.56. The molecule has 0 aliphatic rings. The van der Waals surface area contributed by atoms with Crippen molar-refractivity contribution in [2.24, 2.45) is 5.41 Å². The smallest absolute Gasteiger partial charge is 0.353 e. The van der Waals surface area contributed by atoms with Gasteiger partial charge in [-0.3, -0.25) is 19.7 Å². The van der Waals surface area contributed by atoms with E-state index in [0.29, 0.717) is 17.8 Å². The van der Waals surface area contributed by atoms with Gasteiger partial charge in [0.2, 0.25) is 11.6 Å². The van der Waals surface area contributed by atoms with Crippen LogP contribution >= 0.6 is 0 Å². The zero-order valence-electron chi connectivity index (χ0n) is 16.5. The van der Waals surface area contributed by atoms with Gasteiger partial charge in [0.05, 0.1) is 12.0 Å². The van der Waals surface area contributed by atoms with Crippen LogP contribution in [-0.4, -0.2) is 34.5 Å². The highest BCUT2D eigenvalue weighted by Crippen LogP contribution is 2.33. The van der Waals surface area contributed by atoms with Gasteiger partial charge in [-0.1, -0.05) is 26.8 Å². The molecule has 150 valence electrons. The highest BCUT2D eigenvalue weighted by atomic mass is 16.6. The van der Waals surface area contributed by atoms with E-state index in [2.05, 4.69) is 30.9 Å². The lowest BCUT2D eigenvalue weighted by Crippen LogP contribution is -2.22. The number of nitrogens with zero attached hydrogens (tertiary/aromatic N) is 3. The zero-order valence-corrected chi connectivity index (χ0v) is 16.5. The van der Waals surface area contributed by atoms with Gasteiger partial charge < -0.3 is 10.6 Å². The molecular formula is C18H24N6O4. The van der Waals surface area contributed by atoms with Gasteiger partial charge in [-0.2, -0.15) is 0 Å². The molecule has 0 unspecified atom stereocenters. The number of carbonyl (C=O) groups is 1. The number of benzene rings is 1. The molecule has 1 aromatic heterocycles. The number of rotatable bonds is 7. The number of carbonyl (C=O) groups excluding carboxylic acids is 1. The highest BCUT2D eigenvalue weighted by molar-refractivity contribution is 5.95. The fourth-order valence-electron chi connectivity index (χ4n) is 2.30. The number of nitrogens with one attached hydrogen (secondary N) is 3. The van der Waals surface area contributed by atoms with Crippen LogP contribution in [0.15, 0.2) is 24.5 Å². The standard InChI is InChI=1S/C18H24N6O4/c1-11-6-7-12(17(25)23-28-5)8-13(11)22-16-14(24(26)27)15(20-10-21-16)19-9-18(2,3)4/h6-8,10H,9H2,1-5H3,(H,23,25)(H2,19,20,21,22). The summed E-state index contributed by atoms with van der Waals surface area (Å²) in [4.78, 5) is 35.8. The minimum absolute atomic E-state index is 0.0313. The molecule has 0 bridgehead atoms. The van der Waals surface area contributed by atoms with Crippen LogP contribution in [0.4, 0.5) is 23.0 Å². The van der Waals surface area contributed by atoms with Crippen molar-refractivity contribution in [3.63, 3.8) is 0 Å². The van der Waals surface area contributed by atoms with Gasteiger partial charge in [-0.05, 0) is 30.0 Å². The topological polar surface area (TPSA) is 131 Å². The number of hydrogen-bond donors (Lipinski definition) is 3. The summed E-state index contributed by atoms with van der Waals surface area (Å²) in [7, 11) is 1.33. The molecule has 10 heteroatoms. The predicted octanol–water partition coefficient (Wildman–Crippen LogP) is 3.19. The molecule has 0 fully saturated rings. The molecule has 0 radical (unpaired) electrons. The number of amides is 1. The lowest BCUT2D eigenvalue weighted by Gasteiger charge is -2.19. The summed E-state index contributed by atoms with van der Waals surface area (Å²) in [5.41, 5.74) is 3.50. The van der Waals surface area contributed by atoms with Crippen molar-refractivity contribution in [2.45, 2.75) is 27.7 Å². The molecule has 1 heterocycles. The summed E-state index contributed by atoms with van der Waals surface area (Å²) in [6.07, 6.45) is 1.25. The fraction of sp³-hybridized carbons (Fsp3) is 0.389. The van der Waals surface area contributed by atoms with Crippen molar-refractivity contribution in [1.29, 1.82) is 0 Å². The second-order valence-corrected chi connectivity index (χ2v) is 7.38. The van der Waals surface area contributed by atoms with Crippen LogP contribution in [0.5, 0.6) is 0 Å². The lowest BCUT2D eigenvalue weighted by atomic mass is 9.97. The SMILES string of the molecule is CONC(=O)c1ccc(C)c(Nc2ncnc(NCC(C)(C)C)c2[N+](=O)[O-])c1. The Morgan fingerprint density at radius 1 is 1.25 bits per heavy atom. The first kappa shape index (κ1) is 21.0. The number of hydrogen-bond acceptors (Lipinski definition) is 8. The Bertz CT molecular complexity index is 879. The van der Waals surface area contributed by atoms with Gasteiger partial charge in [0.15, 0.2) is 0 Å². The molecule has 2 rings (SSSR count). The van der Waals surface area contributed by atoms with Gasteiger partial charge in [0, 0.05) is 17.8 Å². The molecule has 2 aromatic rings. The van der Waals surface area contributed by atoms with Gasteiger partial charge >= 0.3 is 5.69 Å². The maximum absolute atomic E-state index is 12.0. The molecule has 0 saturated carbocycles. The molecule has 0 spiro atoms. The lowest BCUT2D eigenvalue weighted by molar-refractivity contribution is -0.383. The molecule has 10 nitrogen and oxygen atoms in total. The van der Waals surface area contributed by atoms with Gasteiger partial charge in [0.1, 0.15) is 6.33 Å². The van der Waals surface area contributed by atoms with E-state index < -0.39 is 10.8 Å². The van der Waals surface area contributed by atoms with Crippen LogP contribution in [-0.2, 0) is 4.84 Å². The van der Waals surface area contributed by atoms with Crippen molar-refractivity contribution < 1.29 is 14.6 Å². The summed E-state index contributed by atoms with van der Waals surface area (Å²) in [5, 5.41) is 17.6. The van der Waals surface area contributed by atoms with Gasteiger partial charge in [0.25, 0.3) is 5.91 Å². The van der Waals surface area contributed by atoms with Crippen molar-refractivity contribution >= 4 is 28.9 Å². The van der Waals surface area contributed by atoms with Crippen molar-refractivity contribution in [1.82, 2.24) is 15.4 Å². The Hall–Kier alpha value is -3.27. The van der Waals surface area contributed by atoms with Crippen molar-refractivity contribution in [3.05, 3.63) is 45.8 Å². The Kier molecular flexibility index (Phi) is 6.47. The van der Waals surface area contributed by atoms with Crippen molar-refractivity contribution in [3.8, 4) is 0 Å². The zero-order chi connectivity index (χ0) is 20.9. The third kappa shape index (κ3) is 5.36. The maximum atomic E-state index is 12.0. The van der Waals surface area contributed by atoms with Crippen molar-refractivity contribution in [2.75, 3.05) is 24.3 Å². The van der Waals surface area contributed by atoms with E-state index in [-0.39, 0.29) is 22.7 Å². The summed E-state index contributed by atoms with van der Waals surface area (Å²) in [6.45, 7) is 8.33. The Labute approximate surface area is 162 Å². The minimum Gasteiger partial charge on any atom is -0.364 e. The third-order valence-electron chi connectivity index (χ3n) is 3.74. The Balaban J connectivity index is 2.39. The quantitative estimate of drug-likeness (QED) is 0.487. The minimum atomic E-state index is -0.538. The molecule has 0 aliphatic heterocycles. The molecular weight excluding hydrogens is 364 g/mol. The number of aromatic nitrogens is 2. The summed E-state index contributed by atoms with van der Waals surface area (Å²) in [5.74, 6) is -0.276. The average Bonchev–Trinajstić information content (AvgIpc) is 2.61. The fourth-order valence-corrected chi connectivity index (χ4v) is 2.30. The normalized spacial score (nSPS) is 11.0. The number of aryl methyl sites for hydroxylation is 1. The van der Waals surface area contributed by atoms with Gasteiger partial charge in [-0.25, -0.2) is 15.4 Å². The monoisotopic (exact) mass is 388 g/mol. The first-order chi connectivity index (χ1) is 13.1. The van der Waals surface area contributed by atoms with E-state index >= 15 is 0 Å². The van der Waals surface area contributed by atoms with Crippen LogP contribution in [0.3, 0.4) is 0 Å². The summed E-state index contributed by atoms with van der Waals surface area (Å²) < 4.78 is 0. The van der Waals surface area contributed by atoms with Gasteiger partial charge in [-0.15, -0.1) is 0 Å². The van der Waals surface area contributed by atoms with Crippen LogP contribution in [0, 0.1) is 22.5 Å².